The quantitative estimate of drug-likeness (QED) is 0.621. The molecule has 3 rings (SSSR count). The van der Waals surface area contributed by atoms with Gasteiger partial charge in [0.25, 0.3) is 5.91 Å². The average molecular weight is 428 g/mol. The predicted octanol–water partition coefficient (Wildman–Crippen LogP) is 3.66. The van der Waals surface area contributed by atoms with Crippen LogP contribution >= 0.6 is 11.3 Å². The minimum atomic E-state index is -0.523. The van der Waals surface area contributed by atoms with Crippen LogP contribution in [0.4, 0.5) is 10.1 Å². The molecule has 3 aromatic rings. The second kappa shape index (κ2) is 9.45. The third-order valence-electron chi connectivity index (χ3n) is 4.43. The van der Waals surface area contributed by atoms with Crippen LogP contribution in [0.5, 0.6) is 5.88 Å². The number of benzene rings is 1. The van der Waals surface area contributed by atoms with Gasteiger partial charge in [-0.1, -0.05) is 13.0 Å². The maximum atomic E-state index is 14.5. The molecule has 0 saturated carbocycles. The zero-order chi connectivity index (χ0) is 21.7. The molecule has 0 fully saturated rings. The van der Waals surface area contributed by atoms with E-state index in [9.17, 15) is 14.0 Å². The van der Waals surface area contributed by atoms with Crippen molar-refractivity contribution < 1.29 is 18.7 Å². The maximum Gasteiger partial charge on any atom is 0.271 e. The number of ether oxygens (including phenoxy) is 1. The minimum absolute atomic E-state index is 0.179. The van der Waals surface area contributed by atoms with E-state index in [-0.39, 0.29) is 29.6 Å². The number of halogens is 1. The summed E-state index contributed by atoms with van der Waals surface area (Å²) in [6.07, 6.45) is 1.91. The Bertz CT molecular complexity index is 1050. The van der Waals surface area contributed by atoms with E-state index in [1.165, 1.54) is 42.5 Å². The highest BCUT2D eigenvalue weighted by atomic mass is 32.1. The molecule has 9 heteroatoms. The molecule has 0 bridgehead atoms. The molecular weight excluding hydrogens is 407 g/mol. The minimum Gasteiger partial charge on any atom is -0.481 e. The molecule has 156 valence electrons. The largest absolute Gasteiger partial charge is 0.481 e. The highest BCUT2D eigenvalue weighted by Gasteiger charge is 2.16. The van der Waals surface area contributed by atoms with Crippen molar-refractivity contribution in [2.45, 2.75) is 19.9 Å². The van der Waals surface area contributed by atoms with Gasteiger partial charge >= 0.3 is 0 Å². The number of aromatic nitrogens is 2. The molecule has 0 saturated heterocycles. The fraction of sp³-hybridized carbons (Fsp3) is 0.238. The normalized spacial score (nSPS) is 10.5. The lowest BCUT2D eigenvalue weighted by Crippen LogP contribution is -2.26. The number of carbonyl (C=O) groups excluding carboxylic acids is 2. The zero-order valence-electron chi connectivity index (χ0n) is 16.8. The Labute approximate surface area is 177 Å². The van der Waals surface area contributed by atoms with Crippen molar-refractivity contribution >= 4 is 28.8 Å². The third-order valence-corrected chi connectivity index (χ3v) is 5.32. The van der Waals surface area contributed by atoms with Crippen molar-refractivity contribution in [1.82, 2.24) is 15.3 Å². The van der Waals surface area contributed by atoms with Gasteiger partial charge in [-0.15, -0.1) is 11.3 Å². The first kappa shape index (κ1) is 21.4. The standard InChI is InChI=1S/C21H21FN4O3S/c1-4-19(27)26(2)17-7-6-14(9-15(17)22)21-25-16(12-30-21)20(28)24-11-13-5-8-18(29-3)23-10-13/h5-10,12H,4,11H2,1-3H3,(H,24,28). The molecule has 1 N–H and O–H groups in total. The molecule has 2 amide bonds. The van der Waals surface area contributed by atoms with Crippen LogP contribution < -0.4 is 15.0 Å². The van der Waals surface area contributed by atoms with Gasteiger partial charge in [0.1, 0.15) is 16.5 Å². The highest BCUT2D eigenvalue weighted by Crippen LogP contribution is 2.28. The summed E-state index contributed by atoms with van der Waals surface area (Å²) in [6.45, 7) is 2.02. The predicted molar refractivity (Wildman–Crippen MR) is 113 cm³/mol. The molecule has 0 aliphatic heterocycles. The van der Waals surface area contributed by atoms with Gasteiger partial charge in [0, 0.05) is 43.2 Å². The van der Waals surface area contributed by atoms with Gasteiger partial charge in [-0.05, 0) is 23.8 Å². The van der Waals surface area contributed by atoms with E-state index in [0.717, 1.165) is 5.56 Å². The molecule has 2 aromatic heterocycles. The van der Waals surface area contributed by atoms with Gasteiger partial charge in [-0.2, -0.15) is 0 Å². The first-order valence-corrected chi connectivity index (χ1v) is 10.1. The van der Waals surface area contributed by atoms with Gasteiger partial charge in [-0.25, -0.2) is 14.4 Å². The summed E-state index contributed by atoms with van der Waals surface area (Å²) in [4.78, 5) is 33.8. The van der Waals surface area contributed by atoms with Crippen LogP contribution in [-0.2, 0) is 11.3 Å². The highest BCUT2D eigenvalue weighted by molar-refractivity contribution is 7.13. The van der Waals surface area contributed by atoms with E-state index in [1.807, 2.05) is 6.07 Å². The lowest BCUT2D eigenvalue weighted by Gasteiger charge is -2.17. The van der Waals surface area contributed by atoms with Crippen LogP contribution in [0.3, 0.4) is 0 Å². The van der Waals surface area contributed by atoms with Crippen LogP contribution in [-0.4, -0.2) is 35.9 Å². The molecule has 30 heavy (non-hydrogen) atoms. The van der Waals surface area contributed by atoms with Crippen molar-refractivity contribution in [3.63, 3.8) is 0 Å². The fourth-order valence-electron chi connectivity index (χ4n) is 2.70. The summed E-state index contributed by atoms with van der Waals surface area (Å²) in [6, 6.07) is 8.06. The Hall–Kier alpha value is -3.33. The molecule has 0 atom stereocenters. The molecule has 1 aromatic carbocycles. The van der Waals surface area contributed by atoms with E-state index in [4.69, 9.17) is 4.74 Å². The number of nitrogens with zero attached hydrogens (tertiary/aromatic N) is 3. The molecule has 7 nitrogen and oxygen atoms in total. The molecule has 0 radical (unpaired) electrons. The van der Waals surface area contributed by atoms with Gasteiger partial charge in [0.05, 0.1) is 12.8 Å². The number of methoxy groups -OCH3 is 1. The second-order valence-corrected chi connectivity index (χ2v) is 7.26. The van der Waals surface area contributed by atoms with Crippen LogP contribution in [0, 0.1) is 5.82 Å². The first-order chi connectivity index (χ1) is 14.4. The lowest BCUT2D eigenvalue weighted by molar-refractivity contribution is -0.118. The Morgan fingerprint density at radius 3 is 2.70 bits per heavy atom. The number of hydrogen-bond acceptors (Lipinski definition) is 6. The average Bonchev–Trinajstić information content (AvgIpc) is 3.27. The number of hydrogen-bond donors (Lipinski definition) is 1. The Balaban J connectivity index is 1.68. The van der Waals surface area contributed by atoms with E-state index in [2.05, 4.69) is 15.3 Å². The Kier molecular flexibility index (Phi) is 6.73. The maximum absolute atomic E-state index is 14.5. The van der Waals surface area contributed by atoms with Crippen LogP contribution in [0.15, 0.2) is 41.9 Å². The number of nitrogens with one attached hydrogen (secondary N) is 1. The summed E-state index contributed by atoms with van der Waals surface area (Å²) in [7, 11) is 3.07. The monoisotopic (exact) mass is 428 g/mol. The molecule has 2 heterocycles. The summed E-state index contributed by atoms with van der Waals surface area (Å²) in [5.74, 6) is -0.539. The Morgan fingerprint density at radius 1 is 1.27 bits per heavy atom. The summed E-state index contributed by atoms with van der Waals surface area (Å²) in [5, 5.41) is 4.91. The zero-order valence-corrected chi connectivity index (χ0v) is 17.6. The molecule has 0 aliphatic carbocycles. The molecule has 0 aliphatic rings. The Morgan fingerprint density at radius 2 is 2.07 bits per heavy atom. The SMILES string of the molecule is CCC(=O)N(C)c1ccc(-c2nc(C(=O)NCc3ccc(OC)nc3)cs2)cc1F. The van der Waals surface area contributed by atoms with Gasteiger partial charge < -0.3 is 15.0 Å². The molecular formula is C21H21FN4O3S. The molecule has 0 unspecified atom stereocenters. The van der Waals surface area contributed by atoms with Crippen molar-refractivity contribution in [3.8, 4) is 16.5 Å². The lowest BCUT2D eigenvalue weighted by atomic mass is 10.2. The fourth-order valence-corrected chi connectivity index (χ4v) is 3.50. The summed E-state index contributed by atoms with van der Waals surface area (Å²) in [5.41, 5.74) is 1.81. The van der Waals surface area contributed by atoms with Crippen LogP contribution in [0.2, 0.25) is 0 Å². The van der Waals surface area contributed by atoms with Crippen molar-refractivity contribution in [2.24, 2.45) is 0 Å². The summed E-state index contributed by atoms with van der Waals surface area (Å²) < 4.78 is 19.5. The number of carbonyl (C=O) groups is 2. The number of anilines is 1. The van der Waals surface area contributed by atoms with Gasteiger partial charge in [-0.3, -0.25) is 9.59 Å². The molecule has 0 spiro atoms. The third kappa shape index (κ3) is 4.80. The van der Waals surface area contributed by atoms with Crippen molar-refractivity contribution in [3.05, 3.63) is 59.0 Å². The van der Waals surface area contributed by atoms with Crippen molar-refractivity contribution in [1.29, 1.82) is 0 Å². The second-order valence-electron chi connectivity index (χ2n) is 6.40. The van der Waals surface area contributed by atoms with Crippen molar-refractivity contribution in [2.75, 3.05) is 19.1 Å². The number of pyridine rings is 1. The number of thiazole rings is 1. The van der Waals surface area contributed by atoms with Gasteiger partial charge in [0.2, 0.25) is 11.8 Å². The summed E-state index contributed by atoms with van der Waals surface area (Å²) >= 11 is 1.24. The van der Waals surface area contributed by atoms with E-state index >= 15 is 0 Å². The van der Waals surface area contributed by atoms with E-state index in [0.29, 0.717) is 23.0 Å². The smallest absolute Gasteiger partial charge is 0.271 e. The van der Waals surface area contributed by atoms with E-state index < -0.39 is 5.82 Å². The number of rotatable bonds is 7. The first-order valence-electron chi connectivity index (χ1n) is 9.22. The van der Waals surface area contributed by atoms with Crippen LogP contribution in [0.1, 0.15) is 29.4 Å². The van der Waals surface area contributed by atoms with Gasteiger partial charge in [0.15, 0.2) is 0 Å². The topological polar surface area (TPSA) is 84.4 Å². The van der Waals surface area contributed by atoms with Crippen LogP contribution in [0.25, 0.3) is 10.6 Å². The van der Waals surface area contributed by atoms with E-state index in [1.54, 1.807) is 30.6 Å². The number of amides is 2.